The Hall–Kier alpha value is -6.91. The molecule has 0 aliphatic carbocycles. The van der Waals surface area contributed by atoms with E-state index in [0.29, 0.717) is 11.4 Å². The number of hydrogen-bond donors (Lipinski definition) is 2. The number of hydrogen-bond acceptors (Lipinski definition) is 6. The lowest BCUT2D eigenvalue weighted by molar-refractivity contribution is -0.113. The molecule has 0 fully saturated rings. The monoisotopic (exact) mass is 706 g/mol. The average molecular weight is 707 g/mol. The first-order valence-corrected chi connectivity index (χ1v) is 18.1. The van der Waals surface area contributed by atoms with Crippen molar-refractivity contribution in [3.05, 3.63) is 180 Å². The van der Waals surface area contributed by atoms with Gasteiger partial charge in [0.25, 0.3) is 5.91 Å². The Kier molecular flexibility index (Phi) is 7.40. The minimum absolute atomic E-state index is 0.0112. The van der Waals surface area contributed by atoms with Crippen molar-refractivity contribution in [1.29, 1.82) is 0 Å². The minimum Gasteiger partial charge on any atom is -0.361 e. The van der Waals surface area contributed by atoms with Gasteiger partial charge in [0, 0.05) is 56.8 Å². The molecule has 1 atom stereocenters. The fourth-order valence-electron chi connectivity index (χ4n) is 6.99. The van der Waals surface area contributed by atoms with E-state index in [1.165, 1.54) is 5.39 Å². The number of nitrogens with zero attached hydrogens (tertiary/aromatic N) is 6. The molecule has 53 heavy (non-hydrogen) atoms. The van der Waals surface area contributed by atoms with E-state index in [0.717, 1.165) is 61.3 Å². The van der Waals surface area contributed by atoms with E-state index < -0.39 is 0 Å². The summed E-state index contributed by atoms with van der Waals surface area (Å²) in [6, 6.07) is 46.3. The summed E-state index contributed by atoms with van der Waals surface area (Å²) < 4.78 is 3.81. The molecule has 9 nitrogen and oxygen atoms in total. The summed E-state index contributed by atoms with van der Waals surface area (Å²) in [6.45, 7) is 0. The number of amides is 1. The van der Waals surface area contributed by atoms with Crippen LogP contribution in [-0.2, 0) is 4.79 Å². The van der Waals surface area contributed by atoms with Crippen LogP contribution < -0.4 is 10.3 Å². The number of thioether (sulfide) groups is 1. The number of nitrogens with one attached hydrogen (secondary N) is 2. The van der Waals surface area contributed by atoms with Gasteiger partial charge in [-0.05, 0) is 60.2 Å². The smallest absolute Gasteiger partial charge is 0.262 e. The van der Waals surface area contributed by atoms with Gasteiger partial charge in [-0.2, -0.15) is 5.10 Å². The van der Waals surface area contributed by atoms with Crippen LogP contribution in [-0.4, -0.2) is 35.5 Å². The maximum absolute atomic E-state index is 14.5. The second-order valence-corrected chi connectivity index (χ2v) is 13.9. The van der Waals surface area contributed by atoms with Crippen LogP contribution in [0.1, 0.15) is 22.1 Å². The Morgan fingerprint density at radius 3 is 2.17 bits per heavy atom. The van der Waals surface area contributed by atoms with Gasteiger partial charge >= 0.3 is 0 Å². The molecular formula is C43H30N8OS. The largest absolute Gasteiger partial charge is 0.361 e. The zero-order valence-corrected chi connectivity index (χ0v) is 29.0. The fourth-order valence-corrected chi connectivity index (χ4v) is 8.01. The summed E-state index contributed by atoms with van der Waals surface area (Å²) >= 11 is 1.63. The van der Waals surface area contributed by atoms with Gasteiger partial charge in [-0.25, -0.2) is 9.36 Å². The van der Waals surface area contributed by atoms with E-state index >= 15 is 0 Å². The third-order valence-electron chi connectivity index (χ3n) is 9.56. The molecule has 1 amide bonds. The lowest BCUT2D eigenvalue weighted by Crippen LogP contribution is -2.24. The standard InChI is InChI=1S/C43H30N8OS/c52-42-31(24-32-27-49(33-16-8-3-9-17-33)47-39(32)29-14-6-2-7-15-29)25-38(28-12-4-1-5-13-28)50(42)34-22-20-30(21-23-34)40-45-46-43-51(40)48-41(53-43)36-26-44-37-19-11-10-18-35(36)37/h1-27,41,44,48H/b31-24+. The quantitative estimate of drug-likeness (QED) is 0.161. The topological polar surface area (TPSA) is 96.7 Å². The zero-order valence-electron chi connectivity index (χ0n) is 28.2. The molecule has 254 valence electrons. The van der Waals surface area contributed by atoms with Gasteiger partial charge in [0.1, 0.15) is 5.37 Å². The van der Waals surface area contributed by atoms with Crippen molar-refractivity contribution < 1.29 is 4.79 Å². The van der Waals surface area contributed by atoms with Crippen molar-refractivity contribution in [1.82, 2.24) is 29.6 Å². The third-order valence-corrected chi connectivity index (χ3v) is 10.6. The van der Waals surface area contributed by atoms with Crippen molar-refractivity contribution in [2.75, 3.05) is 10.3 Å². The van der Waals surface area contributed by atoms with Crippen LogP contribution in [0.5, 0.6) is 0 Å². The maximum Gasteiger partial charge on any atom is 0.262 e. The molecule has 1 unspecified atom stereocenters. The summed E-state index contributed by atoms with van der Waals surface area (Å²) in [5.41, 5.74) is 13.3. The zero-order chi connectivity index (χ0) is 35.3. The summed E-state index contributed by atoms with van der Waals surface area (Å²) in [5.74, 6) is 0.587. The Labute approximate surface area is 308 Å². The summed E-state index contributed by atoms with van der Waals surface area (Å²) in [5, 5.41) is 15.9. The number of fused-ring (bicyclic) bond motifs is 2. The molecule has 10 rings (SSSR count). The molecular weight excluding hydrogens is 677 g/mol. The number of rotatable bonds is 7. The third kappa shape index (κ3) is 5.44. The second kappa shape index (κ2) is 12.7. The lowest BCUT2D eigenvalue weighted by Gasteiger charge is -2.21. The molecule has 0 saturated heterocycles. The summed E-state index contributed by atoms with van der Waals surface area (Å²) in [6.07, 6.45) is 7.95. The van der Waals surface area contributed by atoms with E-state index in [1.54, 1.807) is 16.7 Å². The van der Waals surface area contributed by atoms with Crippen molar-refractivity contribution in [2.24, 2.45) is 0 Å². The Morgan fingerprint density at radius 2 is 1.40 bits per heavy atom. The first-order valence-electron chi connectivity index (χ1n) is 17.3. The number of anilines is 1. The van der Waals surface area contributed by atoms with Gasteiger partial charge in [-0.1, -0.05) is 109 Å². The predicted octanol–water partition coefficient (Wildman–Crippen LogP) is 9.10. The molecule has 10 heteroatoms. The number of benzene rings is 5. The fraction of sp³-hybridized carbons (Fsp3) is 0.0233. The molecule has 2 aliphatic rings. The van der Waals surface area contributed by atoms with Crippen LogP contribution in [0.2, 0.25) is 0 Å². The SMILES string of the molecule is O=C1/C(=C/c2cn(-c3ccccc3)nc2-c2ccccc2)C=C(c2ccccc2)N1c1ccc(-c2nnc3n2NC(c2c[nH]c4ccccc24)S3)cc1. The van der Waals surface area contributed by atoms with Crippen LogP contribution >= 0.6 is 11.8 Å². The number of aromatic amines is 1. The highest BCUT2D eigenvalue weighted by atomic mass is 32.2. The van der Waals surface area contributed by atoms with Crippen molar-refractivity contribution in [3.63, 3.8) is 0 Å². The molecule has 2 aliphatic heterocycles. The van der Waals surface area contributed by atoms with Crippen LogP contribution in [0, 0.1) is 0 Å². The molecule has 0 bridgehead atoms. The maximum atomic E-state index is 14.5. The minimum atomic E-state index is -0.119. The predicted molar refractivity (Wildman–Crippen MR) is 211 cm³/mol. The highest BCUT2D eigenvalue weighted by Crippen LogP contribution is 2.43. The van der Waals surface area contributed by atoms with Crippen molar-refractivity contribution >= 4 is 46.0 Å². The second-order valence-electron chi connectivity index (χ2n) is 12.8. The highest BCUT2D eigenvalue weighted by molar-refractivity contribution is 7.99. The van der Waals surface area contributed by atoms with E-state index in [2.05, 4.69) is 45.0 Å². The Balaban J connectivity index is 0.989. The number of carbonyl (C=O) groups is 1. The molecule has 2 N–H and O–H groups in total. The van der Waals surface area contributed by atoms with E-state index in [9.17, 15) is 4.79 Å². The van der Waals surface area contributed by atoms with E-state index in [-0.39, 0.29) is 11.3 Å². The molecule has 3 aromatic heterocycles. The van der Waals surface area contributed by atoms with E-state index in [4.69, 9.17) is 5.10 Å². The normalized spacial score (nSPS) is 16.0. The number of H-pyrrole nitrogens is 1. The van der Waals surface area contributed by atoms with Crippen LogP contribution in [0.15, 0.2) is 169 Å². The Bertz CT molecular complexity index is 2690. The molecule has 0 radical (unpaired) electrons. The number of para-hydroxylation sites is 2. The van der Waals surface area contributed by atoms with Crippen LogP contribution in [0.4, 0.5) is 5.69 Å². The number of aromatic nitrogens is 6. The van der Waals surface area contributed by atoms with Crippen LogP contribution in [0.25, 0.3) is 51.0 Å². The average Bonchev–Trinajstić information content (AvgIpc) is 4.05. The van der Waals surface area contributed by atoms with E-state index in [1.807, 2.05) is 149 Å². The molecule has 5 aromatic carbocycles. The lowest BCUT2D eigenvalue weighted by atomic mass is 10.1. The molecule has 5 heterocycles. The van der Waals surface area contributed by atoms with Crippen molar-refractivity contribution in [2.45, 2.75) is 10.5 Å². The summed E-state index contributed by atoms with van der Waals surface area (Å²) in [7, 11) is 0. The highest BCUT2D eigenvalue weighted by Gasteiger charge is 2.32. The molecule has 8 aromatic rings. The first-order chi connectivity index (χ1) is 26.2. The van der Waals surface area contributed by atoms with Gasteiger partial charge in [0.2, 0.25) is 5.16 Å². The van der Waals surface area contributed by atoms with Gasteiger partial charge < -0.3 is 10.4 Å². The van der Waals surface area contributed by atoms with Gasteiger partial charge in [0.05, 0.1) is 17.1 Å². The summed E-state index contributed by atoms with van der Waals surface area (Å²) in [4.78, 5) is 19.6. The van der Waals surface area contributed by atoms with Gasteiger partial charge in [-0.3, -0.25) is 9.69 Å². The molecule has 0 spiro atoms. The number of carbonyl (C=O) groups excluding carboxylic acids is 1. The van der Waals surface area contributed by atoms with Crippen molar-refractivity contribution in [3.8, 4) is 28.3 Å². The first kappa shape index (κ1) is 30.9. The van der Waals surface area contributed by atoms with Crippen LogP contribution in [0.3, 0.4) is 0 Å². The Morgan fingerprint density at radius 1 is 0.698 bits per heavy atom. The van der Waals surface area contributed by atoms with Gasteiger partial charge in [-0.15, -0.1) is 10.2 Å². The molecule has 0 saturated carbocycles. The van der Waals surface area contributed by atoms with Gasteiger partial charge in [0.15, 0.2) is 5.82 Å².